The van der Waals surface area contributed by atoms with Crippen molar-refractivity contribution in [1.82, 2.24) is 0 Å². The van der Waals surface area contributed by atoms with Crippen molar-refractivity contribution in [2.45, 2.75) is 32.6 Å². The van der Waals surface area contributed by atoms with Crippen LogP contribution in [0.2, 0.25) is 0 Å². The van der Waals surface area contributed by atoms with Crippen molar-refractivity contribution in [2.24, 2.45) is 0 Å². The quantitative estimate of drug-likeness (QED) is 0.731. The van der Waals surface area contributed by atoms with Crippen LogP contribution >= 0.6 is 0 Å². The van der Waals surface area contributed by atoms with E-state index in [1.165, 1.54) is 6.07 Å². The molecule has 0 aromatic heterocycles. The first kappa shape index (κ1) is 11.6. The minimum Gasteiger partial charge on any atom is -0.507 e. The van der Waals surface area contributed by atoms with E-state index in [4.69, 9.17) is 5.11 Å². The SMILES string of the molecule is CCCCCc1ccc(O)c(C(=O)O)c1. The highest BCUT2D eigenvalue weighted by atomic mass is 16.4. The molecule has 3 nitrogen and oxygen atoms in total. The van der Waals surface area contributed by atoms with Gasteiger partial charge in [0.25, 0.3) is 0 Å². The lowest BCUT2D eigenvalue weighted by Gasteiger charge is -2.04. The molecule has 1 aromatic rings. The minimum absolute atomic E-state index is 0.0102. The maximum atomic E-state index is 10.7. The van der Waals surface area contributed by atoms with Gasteiger partial charge in [0.1, 0.15) is 11.3 Å². The van der Waals surface area contributed by atoms with Crippen LogP contribution in [0.5, 0.6) is 5.75 Å². The summed E-state index contributed by atoms with van der Waals surface area (Å²) in [7, 11) is 0. The summed E-state index contributed by atoms with van der Waals surface area (Å²) in [5.74, 6) is -1.24. The molecular weight excluding hydrogens is 192 g/mol. The Balaban J connectivity index is 2.74. The van der Waals surface area contributed by atoms with Gasteiger partial charge in [-0.2, -0.15) is 0 Å². The van der Waals surface area contributed by atoms with Crippen molar-refractivity contribution in [1.29, 1.82) is 0 Å². The number of rotatable bonds is 5. The Morgan fingerprint density at radius 1 is 1.33 bits per heavy atom. The molecule has 0 aliphatic rings. The summed E-state index contributed by atoms with van der Waals surface area (Å²) in [6, 6.07) is 4.77. The van der Waals surface area contributed by atoms with E-state index >= 15 is 0 Å². The molecular formula is C12H16O3. The van der Waals surface area contributed by atoms with E-state index in [-0.39, 0.29) is 11.3 Å². The van der Waals surface area contributed by atoms with Gasteiger partial charge in [-0.15, -0.1) is 0 Å². The maximum Gasteiger partial charge on any atom is 0.339 e. The summed E-state index contributed by atoms with van der Waals surface area (Å²) in [4.78, 5) is 10.7. The molecule has 3 heteroatoms. The second-order valence-electron chi connectivity index (χ2n) is 3.61. The topological polar surface area (TPSA) is 57.5 Å². The molecule has 15 heavy (non-hydrogen) atoms. The Kier molecular flexibility index (Phi) is 4.16. The van der Waals surface area contributed by atoms with Crippen LogP contribution in [0.15, 0.2) is 18.2 Å². The molecule has 2 N–H and O–H groups in total. The second kappa shape index (κ2) is 5.39. The summed E-state index contributed by atoms with van der Waals surface area (Å²) in [6.45, 7) is 2.12. The Labute approximate surface area is 89.4 Å². The van der Waals surface area contributed by atoms with Gasteiger partial charge in [0.05, 0.1) is 0 Å². The highest BCUT2D eigenvalue weighted by Gasteiger charge is 2.09. The van der Waals surface area contributed by atoms with E-state index < -0.39 is 5.97 Å². The lowest BCUT2D eigenvalue weighted by Crippen LogP contribution is -1.98. The number of aromatic hydroxyl groups is 1. The molecule has 0 atom stereocenters. The number of phenols is 1. The van der Waals surface area contributed by atoms with E-state index in [1.807, 2.05) is 0 Å². The summed E-state index contributed by atoms with van der Waals surface area (Å²) >= 11 is 0. The molecule has 0 saturated heterocycles. The lowest BCUT2D eigenvalue weighted by atomic mass is 10.0. The monoisotopic (exact) mass is 208 g/mol. The number of carbonyl (C=O) groups is 1. The van der Waals surface area contributed by atoms with Crippen LogP contribution in [0, 0.1) is 0 Å². The van der Waals surface area contributed by atoms with Gasteiger partial charge in [0, 0.05) is 0 Å². The number of aryl methyl sites for hydroxylation is 1. The molecule has 0 unspecified atom stereocenters. The average Bonchev–Trinajstić information content (AvgIpc) is 2.20. The molecule has 82 valence electrons. The van der Waals surface area contributed by atoms with E-state index in [2.05, 4.69) is 6.92 Å². The third kappa shape index (κ3) is 3.27. The normalized spacial score (nSPS) is 10.2. The predicted molar refractivity (Wildman–Crippen MR) is 58.3 cm³/mol. The van der Waals surface area contributed by atoms with Gasteiger partial charge < -0.3 is 10.2 Å². The van der Waals surface area contributed by atoms with Gasteiger partial charge >= 0.3 is 5.97 Å². The molecule has 0 bridgehead atoms. The fraction of sp³-hybridized carbons (Fsp3) is 0.417. The predicted octanol–water partition coefficient (Wildman–Crippen LogP) is 2.82. The van der Waals surface area contributed by atoms with E-state index in [9.17, 15) is 9.90 Å². The Morgan fingerprint density at radius 2 is 2.07 bits per heavy atom. The third-order valence-electron chi connectivity index (χ3n) is 2.36. The molecule has 0 saturated carbocycles. The summed E-state index contributed by atoms with van der Waals surface area (Å²) < 4.78 is 0. The van der Waals surface area contributed by atoms with Gasteiger partial charge in [-0.3, -0.25) is 0 Å². The largest absolute Gasteiger partial charge is 0.507 e. The van der Waals surface area contributed by atoms with Crippen molar-refractivity contribution in [3.8, 4) is 5.75 Å². The minimum atomic E-state index is -1.08. The Bertz CT molecular complexity index is 345. The van der Waals surface area contributed by atoms with Crippen LogP contribution in [-0.4, -0.2) is 16.2 Å². The third-order valence-corrected chi connectivity index (χ3v) is 2.36. The number of hydrogen-bond donors (Lipinski definition) is 2. The molecule has 0 radical (unpaired) electrons. The van der Waals surface area contributed by atoms with Crippen LogP contribution in [0.3, 0.4) is 0 Å². The standard InChI is InChI=1S/C12H16O3/c1-2-3-4-5-9-6-7-11(13)10(8-9)12(14)15/h6-8,13H,2-5H2,1H3,(H,14,15). The van der Waals surface area contributed by atoms with Crippen molar-refractivity contribution >= 4 is 5.97 Å². The van der Waals surface area contributed by atoms with Crippen LogP contribution in [0.1, 0.15) is 42.1 Å². The first-order valence-corrected chi connectivity index (χ1v) is 5.20. The Hall–Kier alpha value is -1.51. The smallest absolute Gasteiger partial charge is 0.339 e. The number of benzene rings is 1. The first-order chi connectivity index (χ1) is 7.15. The molecule has 0 spiro atoms. The highest BCUT2D eigenvalue weighted by Crippen LogP contribution is 2.19. The van der Waals surface area contributed by atoms with Gasteiger partial charge in [0.15, 0.2) is 0 Å². The number of hydrogen-bond acceptors (Lipinski definition) is 2. The zero-order valence-electron chi connectivity index (χ0n) is 8.86. The second-order valence-corrected chi connectivity index (χ2v) is 3.61. The van der Waals surface area contributed by atoms with E-state index in [1.54, 1.807) is 12.1 Å². The van der Waals surface area contributed by atoms with Crippen LogP contribution in [0.4, 0.5) is 0 Å². The number of carboxylic acid groups (broad SMARTS) is 1. The fourth-order valence-corrected chi connectivity index (χ4v) is 1.49. The van der Waals surface area contributed by atoms with Crippen LogP contribution in [-0.2, 0) is 6.42 Å². The van der Waals surface area contributed by atoms with Crippen LogP contribution < -0.4 is 0 Å². The van der Waals surface area contributed by atoms with Gasteiger partial charge in [-0.1, -0.05) is 25.8 Å². The lowest BCUT2D eigenvalue weighted by molar-refractivity contribution is 0.0693. The zero-order chi connectivity index (χ0) is 11.3. The average molecular weight is 208 g/mol. The molecule has 0 aliphatic heterocycles. The van der Waals surface area contributed by atoms with Crippen molar-refractivity contribution in [2.75, 3.05) is 0 Å². The van der Waals surface area contributed by atoms with Gasteiger partial charge in [-0.25, -0.2) is 4.79 Å². The molecule has 0 heterocycles. The number of aromatic carboxylic acids is 1. The van der Waals surface area contributed by atoms with Crippen molar-refractivity contribution in [3.63, 3.8) is 0 Å². The zero-order valence-corrected chi connectivity index (χ0v) is 8.86. The maximum absolute atomic E-state index is 10.7. The highest BCUT2D eigenvalue weighted by molar-refractivity contribution is 5.90. The number of carboxylic acids is 1. The molecule has 0 aliphatic carbocycles. The van der Waals surface area contributed by atoms with E-state index in [0.717, 1.165) is 31.2 Å². The van der Waals surface area contributed by atoms with Gasteiger partial charge in [0.2, 0.25) is 0 Å². The molecule has 1 aromatic carbocycles. The van der Waals surface area contributed by atoms with Gasteiger partial charge in [-0.05, 0) is 30.5 Å². The summed E-state index contributed by atoms with van der Waals surface area (Å²) in [6.07, 6.45) is 4.21. The molecule has 0 fully saturated rings. The fourth-order valence-electron chi connectivity index (χ4n) is 1.49. The summed E-state index contributed by atoms with van der Waals surface area (Å²) in [5.41, 5.74) is 0.961. The number of unbranched alkanes of at least 4 members (excludes halogenated alkanes) is 2. The first-order valence-electron chi connectivity index (χ1n) is 5.20. The molecule has 1 rings (SSSR count). The summed E-state index contributed by atoms with van der Waals surface area (Å²) in [5, 5.41) is 18.1. The Morgan fingerprint density at radius 3 is 2.67 bits per heavy atom. The van der Waals surface area contributed by atoms with E-state index in [0.29, 0.717) is 0 Å². The van der Waals surface area contributed by atoms with Crippen molar-refractivity contribution < 1.29 is 15.0 Å². The van der Waals surface area contributed by atoms with Crippen molar-refractivity contribution in [3.05, 3.63) is 29.3 Å². The molecule has 0 amide bonds. The van der Waals surface area contributed by atoms with Crippen LogP contribution in [0.25, 0.3) is 0 Å².